The number of piperazine rings is 1. The molecular formula is C13H26N4O. The van der Waals surface area contributed by atoms with E-state index in [1.54, 1.807) is 0 Å². The van der Waals surface area contributed by atoms with Crippen LogP contribution in [0, 0.1) is 0 Å². The van der Waals surface area contributed by atoms with Gasteiger partial charge in [-0.3, -0.25) is 4.90 Å². The molecule has 0 aromatic carbocycles. The van der Waals surface area contributed by atoms with Crippen molar-refractivity contribution < 1.29 is 5.11 Å². The average Bonchev–Trinajstić information content (AvgIpc) is 2.36. The van der Waals surface area contributed by atoms with Crippen LogP contribution >= 0.6 is 0 Å². The topological polar surface area (TPSA) is 78.8 Å². The van der Waals surface area contributed by atoms with Crippen molar-refractivity contribution in [3.05, 3.63) is 23.7 Å². The predicted molar refractivity (Wildman–Crippen MR) is 74.5 cm³/mol. The summed E-state index contributed by atoms with van der Waals surface area (Å²) in [6.07, 6.45) is 3.67. The van der Waals surface area contributed by atoms with Gasteiger partial charge in [0.05, 0.1) is 12.4 Å². The van der Waals surface area contributed by atoms with Gasteiger partial charge < -0.3 is 21.5 Å². The Morgan fingerprint density at radius 2 is 1.72 bits per heavy atom. The van der Waals surface area contributed by atoms with Gasteiger partial charge in [0.1, 0.15) is 0 Å². The van der Waals surface area contributed by atoms with Crippen LogP contribution in [0.3, 0.4) is 0 Å². The summed E-state index contributed by atoms with van der Waals surface area (Å²) in [7, 11) is 0. The molecule has 1 aliphatic heterocycles. The SMILES string of the molecule is C/C(N)=C/C=C(\N)N1CCN(C(C)(C)CO)CC1. The third kappa shape index (κ3) is 3.92. The summed E-state index contributed by atoms with van der Waals surface area (Å²) in [5, 5.41) is 9.35. The first kappa shape index (κ1) is 14.9. The molecule has 0 amide bonds. The Labute approximate surface area is 110 Å². The number of nitrogens with two attached hydrogens (primary N) is 2. The van der Waals surface area contributed by atoms with E-state index in [2.05, 4.69) is 23.6 Å². The van der Waals surface area contributed by atoms with E-state index in [0.717, 1.165) is 37.7 Å². The number of aliphatic hydroxyl groups excluding tert-OH is 1. The lowest BCUT2D eigenvalue weighted by atomic mass is 10.0. The van der Waals surface area contributed by atoms with Gasteiger partial charge >= 0.3 is 0 Å². The zero-order valence-corrected chi connectivity index (χ0v) is 11.7. The number of nitrogens with zero attached hydrogens (tertiary/aromatic N) is 2. The van der Waals surface area contributed by atoms with Gasteiger partial charge in [0.2, 0.25) is 0 Å². The van der Waals surface area contributed by atoms with E-state index in [4.69, 9.17) is 11.5 Å². The minimum atomic E-state index is -0.154. The molecule has 0 radical (unpaired) electrons. The highest BCUT2D eigenvalue weighted by Crippen LogP contribution is 2.17. The van der Waals surface area contributed by atoms with Gasteiger partial charge in [0, 0.05) is 37.4 Å². The largest absolute Gasteiger partial charge is 0.402 e. The number of aliphatic hydroxyl groups is 1. The Balaban J connectivity index is 2.54. The molecule has 0 spiro atoms. The standard InChI is InChI=1S/C13H26N4O/c1-11(14)4-5-12(15)16-6-8-17(9-7-16)13(2,3)10-18/h4-5,18H,6-10,14-15H2,1-3H3/b11-4-,12-5+. The molecule has 5 nitrogen and oxygen atoms in total. The van der Waals surface area contributed by atoms with Crippen molar-refractivity contribution in [3.8, 4) is 0 Å². The summed E-state index contributed by atoms with van der Waals surface area (Å²) in [5.74, 6) is 0.751. The zero-order chi connectivity index (χ0) is 13.8. The molecule has 18 heavy (non-hydrogen) atoms. The molecule has 1 rings (SSSR count). The van der Waals surface area contributed by atoms with E-state index < -0.39 is 0 Å². The van der Waals surface area contributed by atoms with Crippen LogP contribution in [0.4, 0.5) is 0 Å². The Morgan fingerprint density at radius 1 is 1.17 bits per heavy atom. The third-order valence-corrected chi connectivity index (χ3v) is 3.40. The van der Waals surface area contributed by atoms with Gasteiger partial charge in [-0.25, -0.2) is 0 Å². The molecule has 0 aromatic heterocycles. The first-order valence-corrected chi connectivity index (χ1v) is 6.37. The first-order chi connectivity index (χ1) is 8.36. The average molecular weight is 254 g/mol. The number of allylic oxidation sites excluding steroid dienone is 3. The van der Waals surface area contributed by atoms with Crippen LogP contribution in [-0.2, 0) is 0 Å². The molecule has 1 fully saturated rings. The van der Waals surface area contributed by atoms with E-state index in [-0.39, 0.29) is 12.1 Å². The van der Waals surface area contributed by atoms with Crippen LogP contribution in [0.25, 0.3) is 0 Å². The quantitative estimate of drug-likeness (QED) is 0.617. The van der Waals surface area contributed by atoms with Crippen molar-refractivity contribution in [1.29, 1.82) is 0 Å². The molecule has 0 unspecified atom stereocenters. The molecule has 5 N–H and O–H groups in total. The maximum atomic E-state index is 9.35. The summed E-state index contributed by atoms with van der Waals surface area (Å²) >= 11 is 0. The molecule has 1 heterocycles. The zero-order valence-electron chi connectivity index (χ0n) is 11.7. The summed E-state index contributed by atoms with van der Waals surface area (Å²) in [4.78, 5) is 4.43. The smallest absolute Gasteiger partial charge is 0.0987 e. The van der Waals surface area contributed by atoms with Crippen molar-refractivity contribution in [1.82, 2.24) is 9.80 Å². The van der Waals surface area contributed by atoms with Gasteiger partial charge in [-0.1, -0.05) is 0 Å². The molecule has 0 aliphatic carbocycles. The monoisotopic (exact) mass is 254 g/mol. The second-order valence-corrected chi connectivity index (χ2v) is 5.45. The molecule has 0 saturated carbocycles. The van der Waals surface area contributed by atoms with Crippen LogP contribution in [-0.4, -0.2) is 53.2 Å². The van der Waals surface area contributed by atoms with E-state index >= 15 is 0 Å². The Kier molecular flexibility index (Phi) is 5.04. The van der Waals surface area contributed by atoms with E-state index in [0.29, 0.717) is 0 Å². The predicted octanol–water partition coefficient (Wildman–Crippen LogP) is 0.0375. The van der Waals surface area contributed by atoms with Crippen LogP contribution in [0.1, 0.15) is 20.8 Å². The van der Waals surface area contributed by atoms with Gasteiger partial charge in [0.15, 0.2) is 0 Å². The van der Waals surface area contributed by atoms with Crippen molar-refractivity contribution in [3.63, 3.8) is 0 Å². The molecule has 5 heteroatoms. The summed E-state index contributed by atoms with van der Waals surface area (Å²) in [6.45, 7) is 9.71. The van der Waals surface area contributed by atoms with Crippen LogP contribution in [0.2, 0.25) is 0 Å². The molecular weight excluding hydrogens is 228 g/mol. The lowest BCUT2D eigenvalue weighted by Gasteiger charge is -2.43. The van der Waals surface area contributed by atoms with Crippen LogP contribution in [0.5, 0.6) is 0 Å². The highest BCUT2D eigenvalue weighted by atomic mass is 16.3. The Hall–Kier alpha value is -1.20. The molecule has 0 atom stereocenters. The van der Waals surface area contributed by atoms with E-state index in [1.165, 1.54) is 0 Å². The normalized spacial score (nSPS) is 20.3. The van der Waals surface area contributed by atoms with Crippen LogP contribution in [0.15, 0.2) is 23.7 Å². The fourth-order valence-corrected chi connectivity index (χ4v) is 1.99. The highest BCUT2D eigenvalue weighted by Gasteiger charge is 2.29. The van der Waals surface area contributed by atoms with Crippen molar-refractivity contribution in [2.75, 3.05) is 32.8 Å². The first-order valence-electron chi connectivity index (χ1n) is 6.37. The second-order valence-electron chi connectivity index (χ2n) is 5.45. The summed E-state index contributed by atoms with van der Waals surface area (Å²) < 4.78 is 0. The molecule has 0 aromatic rings. The van der Waals surface area contributed by atoms with Crippen molar-refractivity contribution in [2.45, 2.75) is 26.3 Å². The Morgan fingerprint density at radius 3 is 2.17 bits per heavy atom. The van der Waals surface area contributed by atoms with Gasteiger partial charge in [-0.05, 0) is 32.9 Å². The second kappa shape index (κ2) is 6.11. The minimum absolute atomic E-state index is 0.154. The number of hydrogen-bond acceptors (Lipinski definition) is 5. The Bertz CT molecular complexity index is 324. The fourth-order valence-electron chi connectivity index (χ4n) is 1.99. The summed E-state index contributed by atoms with van der Waals surface area (Å²) in [6, 6.07) is 0. The van der Waals surface area contributed by atoms with Gasteiger partial charge in [-0.2, -0.15) is 0 Å². The van der Waals surface area contributed by atoms with Gasteiger partial charge in [-0.15, -0.1) is 0 Å². The lowest BCUT2D eigenvalue weighted by molar-refractivity contribution is 0.0243. The number of rotatable bonds is 4. The lowest BCUT2D eigenvalue weighted by Crippen LogP contribution is -2.56. The molecule has 104 valence electrons. The third-order valence-electron chi connectivity index (χ3n) is 3.40. The molecule has 1 aliphatic rings. The molecule has 0 bridgehead atoms. The highest BCUT2D eigenvalue weighted by molar-refractivity contribution is 5.13. The van der Waals surface area contributed by atoms with Crippen molar-refractivity contribution in [2.24, 2.45) is 11.5 Å². The van der Waals surface area contributed by atoms with E-state index in [1.807, 2.05) is 19.1 Å². The maximum Gasteiger partial charge on any atom is 0.0987 e. The van der Waals surface area contributed by atoms with Crippen LogP contribution < -0.4 is 11.5 Å². The number of hydrogen-bond donors (Lipinski definition) is 3. The van der Waals surface area contributed by atoms with E-state index in [9.17, 15) is 5.11 Å². The minimum Gasteiger partial charge on any atom is -0.402 e. The van der Waals surface area contributed by atoms with Gasteiger partial charge in [0.25, 0.3) is 0 Å². The molecule has 1 saturated heterocycles. The summed E-state index contributed by atoms with van der Waals surface area (Å²) in [5.41, 5.74) is 12.2. The maximum absolute atomic E-state index is 9.35. The fraction of sp³-hybridized carbons (Fsp3) is 0.692. The van der Waals surface area contributed by atoms with Crippen molar-refractivity contribution >= 4 is 0 Å².